The Morgan fingerprint density at radius 3 is 2.61 bits per heavy atom. The maximum atomic E-state index is 13.4. The van der Waals surface area contributed by atoms with Crippen molar-refractivity contribution < 1.29 is 24.3 Å². The third-order valence-electron chi connectivity index (χ3n) is 6.91. The van der Waals surface area contributed by atoms with Crippen molar-refractivity contribution in [2.75, 3.05) is 37.9 Å². The van der Waals surface area contributed by atoms with Gasteiger partial charge in [0.25, 0.3) is 5.91 Å². The van der Waals surface area contributed by atoms with Crippen molar-refractivity contribution in [3.05, 3.63) is 64.7 Å². The SMILES string of the molecule is O=C(C[C@]1(O)C(=O)N(C[NH+]2CCOCC2)c2ccccc21)c1ccc2c(c1)CCCC2. The van der Waals surface area contributed by atoms with Gasteiger partial charge in [0.15, 0.2) is 18.1 Å². The Kier molecular flexibility index (Phi) is 5.38. The Balaban J connectivity index is 1.41. The molecule has 0 radical (unpaired) electrons. The quantitative estimate of drug-likeness (QED) is 0.713. The first-order chi connectivity index (χ1) is 15.1. The van der Waals surface area contributed by atoms with Crippen LogP contribution in [0, 0.1) is 0 Å². The molecule has 0 spiro atoms. The number of rotatable bonds is 5. The van der Waals surface area contributed by atoms with Gasteiger partial charge in [-0.25, -0.2) is 0 Å². The summed E-state index contributed by atoms with van der Waals surface area (Å²) in [5, 5.41) is 11.5. The zero-order valence-electron chi connectivity index (χ0n) is 17.7. The Morgan fingerprint density at radius 2 is 1.81 bits per heavy atom. The van der Waals surface area contributed by atoms with Gasteiger partial charge in [-0.15, -0.1) is 0 Å². The second kappa shape index (κ2) is 8.19. The first kappa shape index (κ1) is 20.4. The summed E-state index contributed by atoms with van der Waals surface area (Å²) in [6.07, 6.45) is 4.12. The fourth-order valence-corrected chi connectivity index (χ4v) is 5.12. The van der Waals surface area contributed by atoms with Crippen molar-refractivity contribution in [3.63, 3.8) is 0 Å². The average molecular weight is 422 g/mol. The van der Waals surface area contributed by atoms with E-state index in [1.165, 1.54) is 22.4 Å². The number of hydrogen-bond donors (Lipinski definition) is 2. The lowest BCUT2D eigenvalue weighted by atomic mass is 9.85. The number of amides is 1. The number of fused-ring (bicyclic) bond motifs is 2. The van der Waals surface area contributed by atoms with Crippen LogP contribution in [0.25, 0.3) is 0 Å². The van der Waals surface area contributed by atoms with E-state index in [1.807, 2.05) is 36.4 Å². The summed E-state index contributed by atoms with van der Waals surface area (Å²) in [7, 11) is 0. The van der Waals surface area contributed by atoms with Gasteiger partial charge in [-0.2, -0.15) is 0 Å². The third kappa shape index (κ3) is 3.69. The number of nitrogens with zero attached hydrogens (tertiary/aromatic N) is 1. The van der Waals surface area contributed by atoms with E-state index in [2.05, 4.69) is 0 Å². The molecular weight excluding hydrogens is 392 g/mol. The number of aryl methyl sites for hydroxylation is 2. The van der Waals surface area contributed by atoms with Gasteiger partial charge in [0.05, 0.1) is 25.3 Å². The van der Waals surface area contributed by atoms with Crippen LogP contribution in [0.5, 0.6) is 0 Å². The predicted molar refractivity (Wildman–Crippen MR) is 116 cm³/mol. The molecule has 3 aliphatic rings. The highest BCUT2D eigenvalue weighted by Crippen LogP contribution is 2.42. The van der Waals surface area contributed by atoms with Crippen LogP contribution in [-0.2, 0) is 28.0 Å². The Morgan fingerprint density at radius 1 is 1.06 bits per heavy atom. The normalized spacial score (nSPS) is 23.5. The van der Waals surface area contributed by atoms with Gasteiger partial charge in [0, 0.05) is 11.1 Å². The van der Waals surface area contributed by atoms with Gasteiger partial charge in [-0.3, -0.25) is 14.5 Å². The molecule has 1 fully saturated rings. The maximum Gasteiger partial charge on any atom is 0.268 e. The summed E-state index contributed by atoms with van der Waals surface area (Å²) in [6, 6.07) is 13.1. The van der Waals surface area contributed by atoms with Crippen molar-refractivity contribution in [1.82, 2.24) is 0 Å². The molecule has 2 aromatic rings. The van der Waals surface area contributed by atoms with Crippen LogP contribution in [-0.4, -0.2) is 49.8 Å². The number of quaternary nitrogens is 1. The molecular formula is C25H29N2O4+. The minimum atomic E-state index is -1.82. The molecule has 0 unspecified atom stereocenters. The van der Waals surface area contributed by atoms with E-state index in [4.69, 9.17) is 4.74 Å². The van der Waals surface area contributed by atoms with Gasteiger partial charge >= 0.3 is 0 Å². The van der Waals surface area contributed by atoms with Crippen LogP contribution in [0.1, 0.15) is 46.3 Å². The molecule has 0 bridgehead atoms. The van der Waals surface area contributed by atoms with Crippen molar-refractivity contribution in [2.45, 2.75) is 37.7 Å². The number of morpholine rings is 1. The molecule has 1 aliphatic carbocycles. The number of carbonyl (C=O) groups is 2. The van der Waals surface area contributed by atoms with Crippen molar-refractivity contribution in [1.29, 1.82) is 0 Å². The minimum Gasteiger partial charge on any atom is -0.375 e. The topological polar surface area (TPSA) is 71.3 Å². The lowest BCUT2D eigenvalue weighted by Gasteiger charge is -2.29. The smallest absolute Gasteiger partial charge is 0.268 e. The number of aliphatic hydroxyl groups is 1. The number of anilines is 1. The van der Waals surface area contributed by atoms with Crippen LogP contribution >= 0.6 is 0 Å². The van der Waals surface area contributed by atoms with Gasteiger partial charge in [-0.1, -0.05) is 30.3 Å². The van der Waals surface area contributed by atoms with Gasteiger partial charge in [-0.05, 0) is 48.9 Å². The van der Waals surface area contributed by atoms with Crippen LogP contribution < -0.4 is 9.80 Å². The summed E-state index contributed by atoms with van der Waals surface area (Å²) in [4.78, 5) is 29.5. The molecule has 31 heavy (non-hydrogen) atoms. The highest BCUT2D eigenvalue weighted by atomic mass is 16.5. The summed E-state index contributed by atoms with van der Waals surface area (Å²) < 4.78 is 5.42. The van der Waals surface area contributed by atoms with Gasteiger partial charge in [0.2, 0.25) is 0 Å². The van der Waals surface area contributed by atoms with E-state index in [0.717, 1.165) is 32.4 Å². The molecule has 6 heteroatoms. The van der Waals surface area contributed by atoms with Crippen molar-refractivity contribution in [2.24, 2.45) is 0 Å². The summed E-state index contributed by atoms with van der Waals surface area (Å²) in [6.45, 7) is 3.44. The van der Waals surface area contributed by atoms with E-state index >= 15 is 0 Å². The summed E-state index contributed by atoms with van der Waals surface area (Å²) >= 11 is 0. The molecule has 6 nitrogen and oxygen atoms in total. The first-order valence-corrected chi connectivity index (χ1v) is 11.3. The van der Waals surface area contributed by atoms with Gasteiger partial charge < -0.3 is 14.7 Å². The number of Topliss-reactive ketones (excluding diaryl/α,β-unsaturated/α-hetero) is 1. The summed E-state index contributed by atoms with van der Waals surface area (Å²) in [5.41, 5.74) is 2.51. The minimum absolute atomic E-state index is 0.195. The fraction of sp³-hybridized carbons (Fsp3) is 0.440. The van der Waals surface area contributed by atoms with Crippen LogP contribution in [0.15, 0.2) is 42.5 Å². The molecule has 1 saturated heterocycles. The molecule has 1 amide bonds. The number of para-hydroxylation sites is 1. The number of benzene rings is 2. The molecule has 5 rings (SSSR count). The molecule has 0 aromatic heterocycles. The van der Waals surface area contributed by atoms with Crippen molar-refractivity contribution >= 4 is 17.4 Å². The molecule has 1 atom stereocenters. The Bertz CT molecular complexity index is 1010. The molecule has 162 valence electrons. The highest BCUT2D eigenvalue weighted by molar-refractivity contribution is 6.10. The Hall–Kier alpha value is -2.54. The first-order valence-electron chi connectivity index (χ1n) is 11.3. The lowest BCUT2D eigenvalue weighted by molar-refractivity contribution is -0.906. The average Bonchev–Trinajstić information content (AvgIpc) is 3.01. The standard InChI is InChI=1S/C25H28N2O4/c28-23(20-10-9-18-5-1-2-6-19(18)15-20)16-25(30)21-7-3-4-8-22(21)27(24(25)29)17-26-11-13-31-14-12-26/h3-4,7-10,15,30H,1-2,5-6,11-14,16-17H2/p+1/t25-/m1/s1. The van der Waals surface area contributed by atoms with Crippen LogP contribution in [0.4, 0.5) is 5.69 Å². The van der Waals surface area contributed by atoms with E-state index in [9.17, 15) is 14.7 Å². The fourth-order valence-electron chi connectivity index (χ4n) is 5.12. The molecule has 0 saturated carbocycles. The van der Waals surface area contributed by atoms with Crippen LogP contribution in [0.3, 0.4) is 0 Å². The molecule has 2 heterocycles. The number of nitrogens with one attached hydrogen (secondary N) is 1. The number of carbonyl (C=O) groups excluding carboxylic acids is 2. The van der Waals surface area contributed by atoms with Crippen molar-refractivity contribution in [3.8, 4) is 0 Å². The zero-order chi connectivity index (χ0) is 21.4. The van der Waals surface area contributed by atoms with E-state index < -0.39 is 11.5 Å². The van der Waals surface area contributed by atoms with E-state index in [1.54, 1.807) is 11.0 Å². The monoisotopic (exact) mass is 421 g/mol. The van der Waals surface area contributed by atoms with Crippen LogP contribution in [0.2, 0.25) is 0 Å². The van der Waals surface area contributed by atoms with E-state index in [-0.39, 0.29) is 12.2 Å². The second-order valence-electron chi connectivity index (χ2n) is 8.92. The largest absolute Gasteiger partial charge is 0.375 e. The maximum absolute atomic E-state index is 13.4. The lowest BCUT2D eigenvalue weighted by Crippen LogP contribution is -3.15. The molecule has 2 aromatic carbocycles. The molecule has 2 N–H and O–H groups in total. The molecule has 2 aliphatic heterocycles. The number of hydrogen-bond acceptors (Lipinski definition) is 4. The summed E-state index contributed by atoms with van der Waals surface area (Å²) in [5.74, 6) is -0.599. The zero-order valence-corrected chi connectivity index (χ0v) is 17.7. The number of ether oxygens (including phenoxy) is 1. The predicted octanol–water partition coefficient (Wildman–Crippen LogP) is 1.25. The third-order valence-corrected chi connectivity index (χ3v) is 6.91. The number of ketones is 1. The Labute approximate surface area is 182 Å². The van der Waals surface area contributed by atoms with Gasteiger partial charge in [0.1, 0.15) is 13.1 Å². The second-order valence-corrected chi connectivity index (χ2v) is 8.92. The highest BCUT2D eigenvalue weighted by Gasteiger charge is 2.51. The van der Waals surface area contributed by atoms with E-state index in [0.29, 0.717) is 36.7 Å².